The molecule has 0 bridgehead atoms. The van der Waals surface area contributed by atoms with E-state index < -0.39 is 0 Å². The molecule has 0 aromatic heterocycles. The Morgan fingerprint density at radius 1 is 1.62 bits per heavy atom. The summed E-state index contributed by atoms with van der Waals surface area (Å²) in [5, 5.41) is 5.85. The summed E-state index contributed by atoms with van der Waals surface area (Å²) in [6.45, 7) is 3.17. The van der Waals surface area contributed by atoms with Crippen LogP contribution in [0.1, 0.15) is 12.8 Å². The van der Waals surface area contributed by atoms with Crippen molar-refractivity contribution in [2.45, 2.75) is 12.8 Å². The van der Waals surface area contributed by atoms with Gasteiger partial charge in [0.1, 0.15) is 0 Å². The van der Waals surface area contributed by atoms with Crippen molar-refractivity contribution in [3.05, 3.63) is 0 Å². The van der Waals surface area contributed by atoms with Crippen LogP contribution < -0.4 is 10.6 Å². The van der Waals surface area contributed by atoms with Crippen molar-refractivity contribution in [1.82, 2.24) is 15.5 Å². The van der Waals surface area contributed by atoms with E-state index in [4.69, 9.17) is 0 Å². The molecule has 1 fully saturated rings. The molecule has 0 aliphatic carbocycles. The fourth-order valence-electron chi connectivity index (χ4n) is 1.46. The molecule has 0 aromatic rings. The monoisotopic (exact) mass is 185 g/mol. The summed E-state index contributed by atoms with van der Waals surface area (Å²) in [4.78, 5) is 12.8. The van der Waals surface area contributed by atoms with Gasteiger partial charge in [-0.1, -0.05) is 0 Å². The van der Waals surface area contributed by atoms with Crippen LogP contribution in [0.4, 0.5) is 4.79 Å². The number of rotatable bonds is 4. The van der Waals surface area contributed by atoms with Crippen molar-refractivity contribution >= 4 is 6.03 Å². The summed E-state index contributed by atoms with van der Waals surface area (Å²) in [7, 11) is 3.49. The molecule has 0 atom stereocenters. The molecule has 4 nitrogen and oxygen atoms in total. The number of hydrogen-bond donors (Lipinski definition) is 2. The highest BCUT2D eigenvalue weighted by molar-refractivity contribution is 5.73. The van der Waals surface area contributed by atoms with Crippen molar-refractivity contribution in [1.29, 1.82) is 0 Å². The second-order valence-electron chi connectivity index (χ2n) is 3.64. The zero-order chi connectivity index (χ0) is 9.68. The molecule has 76 valence electrons. The number of hydrogen-bond acceptors (Lipinski definition) is 2. The van der Waals surface area contributed by atoms with Crippen LogP contribution in [0.2, 0.25) is 0 Å². The van der Waals surface area contributed by atoms with Crippen LogP contribution in [-0.2, 0) is 0 Å². The minimum atomic E-state index is 0.00624. The van der Waals surface area contributed by atoms with Gasteiger partial charge in [-0.3, -0.25) is 0 Å². The van der Waals surface area contributed by atoms with Gasteiger partial charge in [0, 0.05) is 20.6 Å². The van der Waals surface area contributed by atoms with Crippen molar-refractivity contribution < 1.29 is 4.79 Å². The van der Waals surface area contributed by atoms with E-state index in [0.717, 1.165) is 32.0 Å². The lowest BCUT2D eigenvalue weighted by molar-refractivity contribution is 0.207. The SMILES string of the molecule is CNC(=O)N(C)CCCC1CNC1. The normalized spacial score (nSPS) is 16.5. The zero-order valence-corrected chi connectivity index (χ0v) is 8.47. The van der Waals surface area contributed by atoms with Crippen molar-refractivity contribution in [2.24, 2.45) is 5.92 Å². The molecule has 0 radical (unpaired) electrons. The molecule has 1 rings (SSSR count). The third-order valence-corrected chi connectivity index (χ3v) is 2.53. The molecule has 2 amide bonds. The lowest BCUT2D eigenvalue weighted by atomic mass is 9.97. The fraction of sp³-hybridized carbons (Fsp3) is 0.889. The van der Waals surface area contributed by atoms with Crippen molar-refractivity contribution in [3.8, 4) is 0 Å². The lowest BCUT2D eigenvalue weighted by Crippen LogP contribution is -2.42. The summed E-state index contributed by atoms with van der Waals surface area (Å²) in [6.07, 6.45) is 2.34. The van der Waals surface area contributed by atoms with Crippen molar-refractivity contribution in [2.75, 3.05) is 33.7 Å². The first kappa shape index (κ1) is 10.3. The summed E-state index contributed by atoms with van der Waals surface area (Å²) >= 11 is 0. The van der Waals surface area contributed by atoms with E-state index in [1.54, 1.807) is 11.9 Å². The van der Waals surface area contributed by atoms with E-state index in [1.807, 2.05) is 7.05 Å². The molecular weight excluding hydrogens is 166 g/mol. The Morgan fingerprint density at radius 2 is 2.31 bits per heavy atom. The second-order valence-corrected chi connectivity index (χ2v) is 3.64. The van der Waals surface area contributed by atoms with Crippen LogP contribution in [-0.4, -0.2) is 44.7 Å². The average molecular weight is 185 g/mol. The number of nitrogens with one attached hydrogen (secondary N) is 2. The molecule has 1 heterocycles. The Hall–Kier alpha value is -0.770. The van der Waals surface area contributed by atoms with Gasteiger partial charge >= 0.3 is 6.03 Å². The smallest absolute Gasteiger partial charge is 0.316 e. The number of carbonyl (C=O) groups excluding carboxylic acids is 1. The molecule has 2 N–H and O–H groups in total. The molecule has 0 aromatic carbocycles. The van der Waals surface area contributed by atoms with Gasteiger partial charge in [0.15, 0.2) is 0 Å². The minimum absolute atomic E-state index is 0.00624. The van der Waals surface area contributed by atoms with Crippen LogP contribution >= 0.6 is 0 Å². The first-order valence-corrected chi connectivity index (χ1v) is 4.87. The maximum absolute atomic E-state index is 11.1. The van der Waals surface area contributed by atoms with Crippen LogP contribution in [0, 0.1) is 5.92 Å². The van der Waals surface area contributed by atoms with Gasteiger partial charge < -0.3 is 15.5 Å². The van der Waals surface area contributed by atoms with Crippen LogP contribution in [0.5, 0.6) is 0 Å². The maximum atomic E-state index is 11.1. The quantitative estimate of drug-likeness (QED) is 0.659. The summed E-state index contributed by atoms with van der Waals surface area (Å²) < 4.78 is 0. The summed E-state index contributed by atoms with van der Waals surface area (Å²) in [6, 6.07) is 0.00624. The van der Waals surface area contributed by atoms with E-state index in [0.29, 0.717) is 0 Å². The highest BCUT2D eigenvalue weighted by atomic mass is 16.2. The lowest BCUT2D eigenvalue weighted by Gasteiger charge is -2.27. The molecule has 1 aliphatic rings. The Balaban J connectivity index is 2.00. The molecular formula is C9H19N3O. The highest BCUT2D eigenvalue weighted by Gasteiger charge is 2.16. The number of nitrogens with zero attached hydrogens (tertiary/aromatic N) is 1. The van der Waals surface area contributed by atoms with Gasteiger partial charge in [0.05, 0.1) is 0 Å². The Bertz CT molecular complexity index is 168. The van der Waals surface area contributed by atoms with Crippen LogP contribution in [0.3, 0.4) is 0 Å². The van der Waals surface area contributed by atoms with E-state index in [-0.39, 0.29) is 6.03 Å². The number of carbonyl (C=O) groups is 1. The predicted octanol–water partition coefficient (Wildman–Crippen LogP) is 0.257. The van der Waals surface area contributed by atoms with Crippen LogP contribution in [0.15, 0.2) is 0 Å². The predicted molar refractivity (Wildman–Crippen MR) is 52.7 cm³/mol. The Kier molecular flexibility index (Phi) is 4.02. The topological polar surface area (TPSA) is 44.4 Å². The molecule has 1 saturated heterocycles. The number of amides is 2. The Morgan fingerprint density at radius 3 is 2.77 bits per heavy atom. The standard InChI is InChI=1S/C9H19N3O/c1-10-9(13)12(2)5-3-4-8-6-11-7-8/h8,11H,3-7H2,1-2H3,(H,10,13). The third kappa shape index (κ3) is 3.22. The van der Waals surface area contributed by atoms with Gasteiger partial charge in [0.2, 0.25) is 0 Å². The summed E-state index contributed by atoms with van der Waals surface area (Å²) in [5.41, 5.74) is 0. The largest absolute Gasteiger partial charge is 0.341 e. The second kappa shape index (κ2) is 5.07. The van der Waals surface area contributed by atoms with Gasteiger partial charge in [-0.05, 0) is 31.8 Å². The third-order valence-electron chi connectivity index (χ3n) is 2.53. The maximum Gasteiger partial charge on any atom is 0.316 e. The van der Waals surface area contributed by atoms with E-state index >= 15 is 0 Å². The van der Waals surface area contributed by atoms with Gasteiger partial charge in [0.25, 0.3) is 0 Å². The molecule has 13 heavy (non-hydrogen) atoms. The van der Waals surface area contributed by atoms with E-state index in [1.165, 1.54) is 6.42 Å². The number of urea groups is 1. The fourth-order valence-corrected chi connectivity index (χ4v) is 1.46. The highest BCUT2D eigenvalue weighted by Crippen LogP contribution is 2.10. The molecule has 0 spiro atoms. The Labute approximate surface area is 79.7 Å². The molecule has 4 heteroatoms. The minimum Gasteiger partial charge on any atom is -0.341 e. The average Bonchev–Trinajstić information content (AvgIpc) is 2.07. The summed E-state index contributed by atoms with van der Waals surface area (Å²) in [5.74, 6) is 0.845. The zero-order valence-electron chi connectivity index (χ0n) is 8.47. The molecule has 0 saturated carbocycles. The van der Waals surface area contributed by atoms with E-state index in [9.17, 15) is 4.79 Å². The van der Waals surface area contributed by atoms with Gasteiger partial charge in [-0.15, -0.1) is 0 Å². The van der Waals surface area contributed by atoms with Crippen LogP contribution in [0.25, 0.3) is 0 Å². The van der Waals surface area contributed by atoms with E-state index in [2.05, 4.69) is 10.6 Å². The van der Waals surface area contributed by atoms with Gasteiger partial charge in [-0.25, -0.2) is 4.79 Å². The van der Waals surface area contributed by atoms with Gasteiger partial charge in [-0.2, -0.15) is 0 Å². The molecule has 1 aliphatic heterocycles. The van der Waals surface area contributed by atoms with Crippen molar-refractivity contribution in [3.63, 3.8) is 0 Å². The first-order valence-electron chi connectivity index (χ1n) is 4.87. The first-order chi connectivity index (χ1) is 6.24. The molecule has 0 unspecified atom stereocenters.